The maximum Gasteiger partial charge on any atom is 0.373 e. The minimum absolute atomic E-state index is 0.336. The molecule has 1 fully saturated rings. The van der Waals surface area contributed by atoms with Gasteiger partial charge in [0, 0.05) is 0 Å². The highest BCUT2D eigenvalue weighted by atomic mass is 17.2. The molecule has 0 spiro atoms. The zero-order valence-corrected chi connectivity index (χ0v) is 12.2. The van der Waals surface area contributed by atoms with E-state index in [4.69, 9.17) is 14.5 Å². The molecule has 20 heavy (non-hydrogen) atoms. The van der Waals surface area contributed by atoms with Crippen molar-refractivity contribution < 1.29 is 19.3 Å². The second-order valence-corrected chi connectivity index (χ2v) is 5.32. The lowest BCUT2D eigenvalue weighted by Gasteiger charge is -2.31. The van der Waals surface area contributed by atoms with Gasteiger partial charge in [0.25, 0.3) is 0 Å². The van der Waals surface area contributed by atoms with E-state index in [-0.39, 0.29) is 0 Å². The molecule has 4 heteroatoms. The van der Waals surface area contributed by atoms with Crippen LogP contribution in [0.4, 0.5) is 0 Å². The molecule has 1 aliphatic rings. The van der Waals surface area contributed by atoms with Crippen LogP contribution in [0.5, 0.6) is 5.75 Å². The first-order valence-corrected chi connectivity index (χ1v) is 7.01. The van der Waals surface area contributed by atoms with Crippen LogP contribution in [0.15, 0.2) is 24.3 Å². The van der Waals surface area contributed by atoms with Crippen LogP contribution in [0.25, 0.3) is 0 Å². The van der Waals surface area contributed by atoms with Crippen LogP contribution in [0.1, 0.15) is 43.5 Å². The molecule has 2 unspecified atom stereocenters. The third kappa shape index (κ3) is 3.51. The summed E-state index contributed by atoms with van der Waals surface area (Å²) in [5, 5.41) is 0. The van der Waals surface area contributed by atoms with Crippen LogP contribution in [0.3, 0.4) is 0 Å². The molecule has 1 saturated carbocycles. The molecular weight excluding hydrogens is 256 g/mol. The molecule has 1 aromatic carbocycles. The number of methoxy groups -OCH3 is 1. The Morgan fingerprint density at radius 1 is 1.10 bits per heavy atom. The Kier molecular flexibility index (Phi) is 5.01. The first-order chi connectivity index (χ1) is 9.61. The van der Waals surface area contributed by atoms with E-state index in [9.17, 15) is 4.79 Å². The Morgan fingerprint density at radius 2 is 1.70 bits per heavy atom. The number of rotatable bonds is 4. The molecule has 0 amide bonds. The van der Waals surface area contributed by atoms with Crippen LogP contribution >= 0.6 is 0 Å². The minimum atomic E-state index is -0.481. The third-order valence-electron chi connectivity index (χ3n) is 3.78. The quantitative estimate of drug-likeness (QED) is 0.620. The lowest BCUT2D eigenvalue weighted by Crippen LogP contribution is -2.26. The van der Waals surface area contributed by atoms with Gasteiger partial charge in [-0.3, -0.25) is 4.89 Å². The van der Waals surface area contributed by atoms with Crippen molar-refractivity contribution in [1.29, 1.82) is 0 Å². The zero-order valence-electron chi connectivity index (χ0n) is 12.2. The molecule has 0 saturated heterocycles. The fraction of sp³-hybridized carbons (Fsp3) is 0.500. The summed E-state index contributed by atoms with van der Waals surface area (Å²) < 4.78 is 5.04. The average molecular weight is 277 g/mol. The summed E-state index contributed by atoms with van der Waals surface area (Å²) in [6.45, 7) is 4.21. The SMILES string of the molecule is COc1ccc(C(=O)OO[C]2C(C)CCCC2C)cc1. The van der Waals surface area contributed by atoms with Gasteiger partial charge in [-0.25, -0.2) is 4.79 Å². The molecule has 2 rings (SSSR count). The van der Waals surface area contributed by atoms with Crippen LogP contribution in [-0.2, 0) is 9.78 Å². The monoisotopic (exact) mass is 277 g/mol. The number of carbonyl (C=O) groups excluding carboxylic acids is 1. The van der Waals surface area contributed by atoms with Crippen LogP contribution < -0.4 is 4.74 Å². The predicted octanol–water partition coefficient (Wildman–Crippen LogP) is 3.77. The van der Waals surface area contributed by atoms with Gasteiger partial charge in [-0.1, -0.05) is 20.3 Å². The fourth-order valence-corrected chi connectivity index (χ4v) is 2.53. The van der Waals surface area contributed by atoms with E-state index in [2.05, 4.69) is 13.8 Å². The molecule has 1 radical (unpaired) electrons. The van der Waals surface area contributed by atoms with Crippen molar-refractivity contribution in [1.82, 2.24) is 0 Å². The molecule has 1 aliphatic carbocycles. The molecule has 109 valence electrons. The van der Waals surface area contributed by atoms with E-state index >= 15 is 0 Å². The minimum Gasteiger partial charge on any atom is -0.497 e. The number of hydrogen-bond acceptors (Lipinski definition) is 4. The summed E-state index contributed by atoms with van der Waals surface area (Å²) in [5.74, 6) is 0.890. The topological polar surface area (TPSA) is 44.8 Å². The summed E-state index contributed by atoms with van der Waals surface area (Å²) in [7, 11) is 1.58. The molecule has 1 aromatic rings. The van der Waals surface area contributed by atoms with Crippen molar-refractivity contribution in [3.63, 3.8) is 0 Å². The molecule has 0 aromatic heterocycles. The van der Waals surface area contributed by atoms with Gasteiger partial charge >= 0.3 is 5.97 Å². The van der Waals surface area contributed by atoms with Gasteiger partial charge in [0.15, 0.2) is 6.10 Å². The first-order valence-electron chi connectivity index (χ1n) is 7.01. The van der Waals surface area contributed by atoms with Crippen LogP contribution in [0.2, 0.25) is 0 Å². The standard InChI is InChI=1S/C16H21O4/c1-11-5-4-6-12(2)15(11)19-20-16(17)13-7-9-14(18-3)10-8-13/h7-12H,4-6H2,1-3H3. The van der Waals surface area contributed by atoms with Gasteiger partial charge in [0.05, 0.1) is 12.7 Å². The Labute approximate surface area is 120 Å². The highest BCUT2D eigenvalue weighted by molar-refractivity contribution is 5.89. The lowest BCUT2D eigenvalue weighted by molar-refractivity contribution is -0.253. The molecule has 2 atom stereocenters. The highest BCUT2D eigenvalue weighted by Gasteiger charge is 2.32. The smallest absolute Gasteiger partial charge is 0.373 e. The van der Waals surface area contributed by atoms with Gasteiger partial charge in [-0.15, -0.1) is 0 Å². The van der Waals surface area contributed by atoms with Crippen molar-refractivity contribution in [3.05, 3.63) is 35.9 Å². The first kappa shape index (κ1) is 14.9. The van der Waals surface area contributed by atoms with Crippen LogP contribution in [0, 0.1) is 17.9 Å². The van der Waals surface area contributed by atoms with Crippen molar-refractivity contribution in [3.8, 4) is 5.75 Å². The summed E-state index contributed by atoms with van der Waals surface area (Å²) in [5.41, 5.74) is 0.447. The van der Waals surface area contributed by atoms with Gasteiger partial charge in [0.1, 0.15) is 5.75 Å². The average Bonchev–Trinajstić information content (AvgIpc) is 2.46. The molecule has 0 aliphatic heterocycles. The van der Waals surface area contributed by atoms with E-state index in [0.717, 1.165) is 18.9 Å². The highest BCUT2D eigenvalue weighted by Crippen LogP contribution is 2.37. The number of carbonyl (C=O) groups is 1. The largest absolute Gasteiger partial charge is 0.497 e. The third-order valence-corrected chi connectivity index (χ3v) is 3.78. The molecule has 0 heterocycles. The van der Waals surface area contributed by atoms with E-state index < -0.39 is 5.97 Å². The van der Waals surface area contributed by atoms with Crippen molar-refractivity contribution >= 4 is 5.97 Å². The second-order valence-electron chi connectivity index (χ2n) is 5.32. The van der Waals surface area contributed by atoms with Crippen molar-refractivity contribution in [2.45, 2.75) is 33.1 Å². The van der Waals surface area contributed by atoms with Crippen molar-refractivity contribution in [2.75, 3.05) is 7.11 Å². The Hall–Kier alpha value is -1.55. The Balaban J connectivity index is 1.90. The van der Waals surface area contributed by atoms with Gasteiger partial charge in [-0.05, 0) is 48.9 Å². The maximum atomic E-state index is 11.9. The number of hydrogen-bond donors (Lipinski definition) is 0. The predicted molar refractivity (Wildman–Crippen MR) is 74.9 cm³/mol. The second kappa shape index (κ2) is 6.75. The lowest BCUT2D eigenvalue weighted by atomic mass is 9.81. The summed E-state index contributed by atoms with van der Waals surface area (Å²) in [6, 6.07) is 6.75. The molecule has 4 nitrogen and oxygen atoms in total. The zero-order chi connectivity index (χ0) is 14.5. The summed E-state index contributed by atoms with van der Waals surface area (Å²) in [4.78, 5) is 22.2. The van der Waals surface area contributed by atoms with E-state index in [0.29, 0.717) is 23.1 Å². The van der Waals surface area contributed by atoms with Crippen LogP contribution in [-0.4, -0.2) is 13.1 Å². The van der Waals surface area contributed by atoms with Gasteiger partial charge in [0.2, 0.25) is 0 Å². The Morgan fingerprint density at radius 3 is 2.25 bits per heavy atom. The van der Waals surface area contributed by atoms with Gasteiger partial charge < -0.3 is 4.74 Å². The van der Waals surface area contributed by atoms with E-state index in [1.807, 2.05) is 0 Å². The van der Waals surface area contributed by atoms with Gasteiger partial charge in [-0.2, -0.15) is 4.89 Å². The van der Waals surface area contributed by atoms with E-state index in [1.54, 1.807) is 31.4 Å². The molecule has 0 bridgehead atoms. The van der Waals surface area contributed by atoms with Crippen molar-refractivity contribution in [2.24, 2.45) is 11.8 Å². The number of benzene rings is 1. The fourth-order valence-electron chi connectivity index (χ4n) is 2.53. The molecule has 0 N–H and O–H groups in total. The summed E-state index contributed by atoms with van der Waals surface area (Å²) in [6.07, 6.45) is 4.24. The normalized spacial score (nSPS) is 23.4. The number of ether oxygens (including phenoxy) is 1. The van der Waals surface area contributed by atoms with E-state index in [1.165, 1.54) is 6.42 Å². The maximum absolute atomic E-state index is 11.9. The summed E-state index contributed by atoms with van der Waals surface area (Å²) >= 11 is 0. The molecular formula is C16H21O4. The Bertz CT molecular complexity index is 430.